The molecule has 1 aliphatic carbocycles. The van der Waals surface area contributed by atoms with Crippen LogP contribution in [0.3, 0.4) is 0 Å². The number of nitrogens with one attached hydrogen (secondary N) is 2. The Morgan fingerprint density at radius 1 is 1.07 bits per heavy atom. The number of benzene rings is 1. The number of rotatable bonds is 7. The van der Waals surface area contributed by atoms with Gasteiger partial charge in [0.15, 0.2) is 5.96 Å². The number of hydrogen-bond acceptors (Lipinski definition) is 3. The summed E-state index contributed by atoms with van der Waals surface area (Å²) in [6.07, 6.45) is 5.40. The maximum atomic E-state index is 12.9. The zero-order valence-corrected chi connectivity index (χ0v) is 17.5. The Bertz CT molecular complexity index is 664. The minimum Gasteiger partial charge on any atom is -0.356 e. The lowest BCUT2D eigenvalue weighted by molar-refractivity contribution is -0.137. The zero-order chi connectivity index (χ0) is 20.5. The van der Waals surface area contributed by atoms with E-state index in [0.717, 1.165) is 76.6 Å². The predicted octanol–water partition coefficient (Wildman–Crippen LogP) is 1.87. The molecule has 0 aromatic heterocycles. The number of carbonyl (C=O) groups excluding carboxylic acids is 1. The molecule has 29 heavy (non-hydrogen) atoms. The summed E-state index contributed by atoms with van der Waals surface area (Å²) in [6, 6.07) is 6.60. The molecule has 0 unspecified atom stereocenters. The highest BCUT2D eigenvalue weighted by molar-refractivity contribution is 5.79. The molecule has 0 radical (unpaired) electrons. The standard InChI is InChI=1S/C22H34FN5O/c1-24-22(25-11-10-18-6-8-20(23)9-7-18)26-12-13-27-14-16-28(17-15-27)21(29)19-4-2-3-5-19/h6-9,19H,2-5,10-17H2,1H3,(H2,24,25,26). The fourth-order valence-corrected chi connectivity index (χ4v) is 4.15. The normalized spacial score (nSPS) is 18.8. The van der Waals surface area contributed by atoms with Gasteiger partial charge in [-0.15, -0.1) is 0 Å². The second kappa shape index (κ2) is 11.1. The van der Waals surface area contributed by atoms with Crippen LogP contribution >= 0.6 is 0 Å². The monoisotopic (exact) mass is 403 g/mol. The van der Waals surface area contributed by atoms with Crippen molar-refractivity contribution in [3.8, 4) is 0 Å². The molecule has 2 fully saturated rings. The van der Waals surface area contributed by atoms with Crippen LogP contribution in [0.25, 0.3) is 0 Å². The molecule has 1 saturated carbocycles. The van der Waals surface area contributed by atoms with Gasteiger partial charge in [-0.2, -0.15) is 0 Å². The van der Waals surface area contributed by atoms with Gasteiger partial charge >= 0.3 is 0 Å². The van der Waals surface area contributed by atoms with Crippen LogP contribution in [0, 0.1) is 11.7 Å². The first-order valence-corrected chi connectivity index (χ1v) is 10.9. The largest absolute Gasteiger partial charge is 0.356 e. The summed E-state index contributed by atoms with van der Waals surface area (Å²) in [7, 11) is 1.76. The highest BCUT2D eigenvalue weighted by Crippen LogP contribution is 2.26. The van der Waals surface area contributed by atoms with E-state index in [9.17, 15) is 9.18 Å². The highest BCUT2D eigenvalue weighted by Gasteiger charge is 2.29. The van der Waals surface area contributed by atoms with Crippen molar-refractivity contribution >= 4 is 11.9 Å². The van der Waals surface area contributed by atoms with E-state index >= 15 is 0 Å². The van der Waals surface area contributed by atoms with Crippen molar-refractivity contribution in [1.29, 1.82) is 0 Å². The third-order valence-corrected chi connectivity index (χ3v) is 5.95. The number of aliphatic imine (C=N–C) groups is 1. The molecular formula is C22H34FN5O. The van der Waals surface area contributed by atoms with Crippen molar-refractivity contribution in [3.63, 3.8) is 0 Å². The molecular weight excluding hydrogens is 369 g/mol. The van der Waals surface area contributed by atoms with Gasteiger partial charge < -0.3 is 15.5 Å². The van der Waals surface area contributed by atoms with Gasteiger partial charge in [0.2, 0.25) is 5.91 Å². The SMILES string of the molecule is CN=C(NCCc1ccc(F)cc1)NCCN1CCN(C(=O)C2CCCC2)CC1. The number of guanidine groups is 1. The maximum absolute atomic E-state index is 12.9. The number of carbonyl (C=O) groups is 1. The molecule has 1 amide bonds. The van der Waals surface area contributed by atoms with E-state index < -0.39 is 0 Å². The topological polar surface area (TPSA) is 60.0 Å². The Morgan fingerprint density at radius 2 is 1.72 bits per heavy atom. The Hall–Kier alpha value is -2.15. The number of halogens is 1. The summed E-state index contributed by atoms with van der Waals surface area (Å²) in [5.41, 5.74) is 1.10. The lowest BCUT2D eigenvalue weighted by Crippen LogP contribution is -2.52. The quantitative estimate of drug-likeness (QED) is 0.539. The van der Waals surface area contributed by atoms with Crippen LogP contribution in [0.15, 0.2) is 29.3 Å². The Labute approximate surface area is 173 Å². The van der Waals surface area contributed by atoms with Gasteiger partial charge in [-0.3, -0.25) is 14.7 Å². The minimum atomic E-state index is -0.206. The first kappa shape index (κ1) is 21.6. The van der Waals surface area contributed by atoms with Gasteiger partial charge in [-0.25, -0.2) is 4.39 Å². The molecule has 1 aliphatic heterocycles. The predicted molar refractivity (Wildman–Crippen MR) is 114 cm³/mol. The molecule has 2 N–H and O–H groups in total. The van der Waals surface area contributed by atoms with E-state index in [-0.39, 0.29) is 11.7 Å². The van der Waals surface area contributed by atoms with Gasteiger partial charge in [0.25, 0.3) is 0 Å². The van der Waals surface area contributed by atoms with Gasteiger partial charge in [-0.05, 0) is 37.0 Å². The van der Waals surface area contributed by atoms with Gasteiger partial charge in [-0.1, -0.05) is 25.0 Å². The molecule has 1 aromatic rings. The Morgan fingerprint density at radius 3 is 2.38 bits per heavy atom. The highest BCUT2D eigenvalue weighted by atomic mass is 19.1. The second-order valence-electron chi connectivity index (χ2n) is 7.95. The van der Waals surface area contributed by atoms with Crippen LogP contribution in [0.2, 0.25) is 0 Å². The van der Waals surface area contributed by atoms with Crippen molar-refractivity contribution < 1.29 is 9.18 Å². The zero-order valence-electron chi connectivity index (χ0n) is 17.5. The van der Waals surface area contributed by atoms with Crippen molar-refractivity contribution in [2.24, 2.45) is 10.9 Å². The molecule has 6 nitrogen and oxygen atoms in total. The van der Waals surface area contributed by atoms with Crippen LogP contribution in [-0.4, -0.2) is 74.5 Å². The Kier molecular flexibility index (Phi) is 8.28. The van der Waals surface area contributed by atoms with Gasteiger partial charge in [0.05, 0.1) is 0 Å². The van der Waals surface area contributed by atoms with Crippen molar-refractivity contribution in [2.45, 2.75) is 32.1 Å². The first-order chi connectivity index (χ1) is 14.2. The first-order valence-electron chi connectivity index (χ1n) is 10.9. The summed E-state index contributed by atoms with van der Waals surface area (Å²) in [5.74, 6) is 1.24. The number of nitrogens with zero attached hydrogens (tertiary/aromatic N) is 3. The molecule has 1 saturated heterocycles. The molecule has 1 aromatic carbocycles. The van der Waals surface area contributed by atoms with Gasteiger partial charge in [0.1, 0.15) is 5.82 Å². The van der Waals surface area contributed by atoms with Crippen LogP contribution in [0.4, 0.5) is 4.39 Å². The second-order valence-corrected chi connectivity index (χ2v) is 7.95. The molecule has 1 heterocycles. The van der Waals surface area contributed by atoms with E-state index in [1.807, 2.05) is 12.1 Å². The van der Waals surface area contributed by atoms with Crippen LogP contribution < -0.4 is 10.6 Å². The van der Waals surface area contributed by atoms with Gasteiger partial charge in [0, 0.05) is 58.8 Å². The van der Waals surface area contributed by atoms with E-state index in [4.69, 9.17) is 0 Å². The van der Waals surface area contributed by atoms with Crippen LogP contribution in [-0.2, 0) is 11.2 Å². The molecule has 7 heteroatoms. The van der Waals surface area contributed by atoms with Crippen LogP contribution in [0.1, 0.15) is 31.2 Å². The minimum absolute atomic E-state index is 0.206. The fourth-order valence-electron chi connectivity index (χ4n) is 4.15. The molecule has 2 aliphatic rings. The van der Waals surface area contributed by atoms with E-state index in [0.29, 0.717) is 5.91 Å². The lowest BCUT2D eigenvalue weighted by atomic mass is 10.1. The molecule has 0 bridgehead atoms. The summed E-state index contributed by atoms with van der Waals surface area (Å²) < 4.78 is 12.9. The number of amides is 1. The van der Waals surface area contributed by atoms with E-state index in [2.05, 4.69) is 25.4 Å². The molecule has 3 rings (SSSR count). The van der Waals surface area contributed by atoms with E-state index in [1.54, 1.807) is 7.05 Å². The van der Waals surface area contributed by atoms with E-state index in [1.165, 1.54) is 25.0 Å². The molecule has 0 spiro atoms. The summed E-state index contributed by atoms with van der Waals surface area (Å²) in [6.45, 7) is 6.07. The van der Waals surface area contributed by atoms with Crippen molar-refractivity contribution in [1.82, 2.24) is 20.4 Å². The summed E-state index contributed by atoms with van der Waals surface area (Å²) in [4.78, 5) is 21.2. The summed E-state index contributed by atoms with van der Waals surface area (Å²) >= 11 is 0. The fraction of sp³-hybridized carbons (Fsp3) is 0.636. The van der Waals surface area contributed by atoms with Crippen molar-refractivity contribution in [3.05, 3.63) is 35.6 Å². The third-order valence-electron chi connectivity index (χ3n) is 5.95. The third kappa shape index (κ3) is 6.70. The van der Waals surface area contributed by atoms with Crippen LogP contribution in [0.5, 0.6) is 0 Å². The number of piperazine rings is 1. The molecule has 160 valence electrons. The lowest BCUT2D eigenvalue weighted by Gasteiger charge is -2.36. The van der Waals surface area contributed by atoms with Crippen molar-refractivity contribution in [2.75, 3.05) is 52.9 Å². The average Bonchev–Trinajstić information content (AvgIpc) is 3.29. The molecule has 0 atom stereocenters. The smallest absolute Gasteiger partial charge is 0.225 e. The summed E-state index contributed by atoms with van der Waals surface area (Å²) in [5, 5.41) is 6.64. The average molecular weight is 404 g/mol. The maximum Gasteiger partial charge on any atom is 0.225 e. The number of hydrogen-bond donors (Lipinski definition) is 2. The Balaban J connectivity index is 1.29.